The van der Waals surface area contributed by atoms with E-state index in [1.165, 1.54) is 0 Å². The Hall–Kier alpha value is -2.25. The smallest absolute Gasteiger partial charge is 0.109 e. The van der Waals surface area contributed by atoms with Crippen molar-refractivity contribution in [1.29, 1.82) is 0 Å². The summed E-state index contributed by atoms with van der Waals surface area (Å²) in [6.45, 7) is 0.492. The van der Waals surface area contributed by atoms with Gasteiger partial charge in [0.25, 0.3) is 0 Å². The second-order valence-electron chi connectivity index (χ2n) is 6.11. The molecule has 3 N–H and O–H groups in total. The fraction of sp³-hybridized carbons (Fsp3) is 0.438. The highest BCUT2D eigenvalue weighted by atomic mass is 16.5. The Labute approximate surface area is 133 Å². The molecule has 2 aromatic heterocycles. The van der Waals surface area contributed by atoms with Crippen LogP contribution in [0.3, 0.4) is 0 Å². The monoisotopic (exact) mass is 312 g/mol. The third kappa shape index (κ3) is 3.11. The number of aromatic amines is 1. The first-order valence-corrected chi connectivity index (χ1v) is 8.00. The summed E-state index contributed by atoms with van der Waals surface area (Å²) >= 11 is 0. The van der Waals surface area contributed by atoms with Crippen molar-refractivity contribution in [3.63, 3.8) is 0 Å². The number of fused-ring (bicyclic) bond motifs is 1. The van der Waals surface area contributed by atoms with Crippen molar-refractivity contribution >= 4 is 11.0 Å². The lowest BCUT2D eigenvalue weighted by Crippen LogP contribution is -2.30. The molecule has 0 atom stereocenters. The zero-order valence-corrected chi connectivity index (χ0v) is 12.9. The van der Waals surface area contributed by atoms with E-state index in [4.69, 9.17) is 10.5 Å². The highest BCUT2D eigenvalue weighted by Gasteiger charge is 2.19. The van der Waals surface area contributed by atoms with E-state index < -0.39 is 0 Å². The average molecular weight is 312 g/mol. The van der Waals surface area contributed by atoms with Crippen LogP contribution in [0.15, 0.2) is 30.7 Å². The van der Waals surface area contributed by atoms with Crippen molar-refractivity contribution < 1.29 is 4.74 Å². The molecule has 7 heteroatoms. The SMILES string of the molecule is NC1CCC(OCc2cn(-c3ccc4nc[nH]c4c3)nn2)CC1. The lowest BCUT2D eigenvalue weighted by atomic mass is 9.94. The van der Waals surface area contributed by atoms with Gasteiger partial charge >= 0.3 is 0 Å². The lowest BCUT2D eigenvalue weighted by molar-refractivity contribution is 0.0122. The molecule has 3 aromatic rings. The van der Waals surface area contributed by atoms with Crippen LogP contribution in [0.4, 0.5) is 0 Å². The van der Waals surface area contributed by atoms with Crippen LogP contribution in [0, 0.1) is 0 Å². The highest BCUT2D eigenvalue weighted by Crippen LogP contribution is 2.21. The Balaban J connectivity index is 1.42. The topological polar surface area (TPSA) is 94.6 Å². The quantitative estimate of drug-likeness (QED) is 0.767. The van der Waals surface area contributed by atoms with E-state index in [2.05, 4.69) is 20.3 Å². The summed E-state index contributed by atoms with van der Waals surface area (Å²) in [5.41, 5.74) is 9.62. The van der Waals surface area contributed by atoms with E-state index in [1.54, 1.807) is 11.0 Å². The fourth-order valence-corrected chi connectivity index (χ4v) is 3.02. The van der Waals surface area contributed by atoms with Gasteiger partial charge in [0.1, 0.15) is 5.69 Å². The molecular formula is C16H20N6O. The summed E-state index contributed by atoms with van der Waals surface area (Å²) < 4.78 is 7.70. The first-order valence-electron chi connectivity index (χ1n) is 8.00. The Morgan fingerprint density at radius 2 is 2.13 bits per heavy atom. The van der Waals surface area contributed by atoms with Crippen molar-refractivity contribution in [3.05, 3.63) is 36.4 Å². The normalized spacial score (nSPS) is 21.8. The molecule has 23 heavy (non-hydrogen) atoms. The summed E-state index contributed by atoms with van der Waals surface area (Å²) in [6, 6.07) is 6.28. The number of nitrogens with two attached hydrogens (primary N) is 1. The number of nitrogens with zero attached hydrogens (tertiary/aromatic N) is 4. The van der Waals surface area contributed by atoms with Gasteiger partial charge in [0.05, 0.1) is 42.0 Å². The minimum Gasteiger partial charge on any atom is -0.372 e. The maximum atomic E-state index is 5.94. The summed E-state index contributed by atoms with van der Waals surface area (Å²) in [5.74, 6) is 0. The minimum absolute atomic E-state index is 0.293. The molecule has 1 fully saturated rings. The van der Waals surface area contributed by atoms with Crippen molar-refractivity contribution in [2.45, 2.75) is 44.4 Å². The van der Waals surface area contributed by atoms with E-state index in [9.17, 15) is 0 Å². The minimum atomic E-state index is 0.293. The molecule has 0 saturated heterocycles. The first-order chi connectivity index (χ1) is 11.3. The molecule has 0 bridgehead atoms. The van der Waals surface area contributed by atoms with Crippen LogP contribution in [0.25, 0.3) is 16.7 Å². The van der Waals surface area contributed by atoms with Crippen molar-refractivity contribution in [1.82, 2.24) is 25.0 Å². The summed E-state index contributed by atoms with van der Waals surface area (Å²) in [4.78, 5) is 7.32. The third-order valence-corrected chi connectivity index (χ3v) is 4.39. The molecule has 2 heterocycles. The van der Waals surface area contributed by atoms with Crippen LogP contribution in [-0.2, 0) is 11.3 Å². The van der Waals surface area contributed by atoms with Gasteiger partial charge in [0.15, 0.2) is 0 Å². The number of rotatable bonds is 4. The fourth-order valence-electron chi connectivity index (χ4n) is 3.02. The second-order valence-corrected chi connectivity index (χ2v) is 6.11. The van der Waals surface area contributed by atoms with E-state index in [0.717, 1.165) is 48.1 Å². The zero-order valence-electron chi connectivity index (χ0n) is 12.9. The average Bonchev–Trinajstić information content (AvgIpc) is 3.22. The van der Waals surface area contributed by atoms with Crippen LogP contribution in [0.5, 0.6) is 0 Å². The van der Waals surface area contributed by atoms with Crippen LogP contribution in [0.1, 0.15) is 31.4 Å². The molecule has 1 aliphatic rings. The Bertz CT molecular complexity index is 787. The van der Waals surface area contributed by atoms with Gasteiger partial charge < -0.3 is 15.5 Å². The van der Waals surface area contributed by atoms with E-state index in [0.29, 0.717) is 18.8 Å². The van der Waals surface area contributed by atoms with Crippen molar-refractivity contribution in [2.24, 2.45) is 5.73 Å². The number of ether oxygens (including phenoxy) is 1. The van der Waals surface area contributed by atoms with Crippen LogP contribution in [-0.4, -0.2) is 37.1 Å². The molecule has 1 aromatic carbocycles. The van der Waals surface area contributed by atoms with Gasteiger partial charge in [-0.2, -0.15) is 0 Å². The Kier molecular flexibility index (Phi) is 3.80. The summed E-state index contributed by atoms with van der Waals surface area (Å²) in [5, 5.41) is 8.38. The van der Waals surface area contributed by atoms with Gasteiger partial charge in [-0.15, -0.1) is 5.10 Å². The number of aromatic nitrogens is 5. The van der Waals surface area contributed by atoms with Crippen molar-refractivity contribution in [2.75, 3.05) is 0 Å². The van der Waals surface area contributed by atoms with Crippen LogP contribution < -0.4 is 5.73 Å². The molecule has 4 rings (SSSR count). The third-order valence-electron chi connectivity index (χ3n) is 4.39. The van der Waals surface area contributed by atoms with Crippen LogP contribution in [0.2, 0.25) is 0 Å². The predicted molar refractivity (Wildman–Crippen MR) is 86.0 cm³/mol. The molecule has 120 valence electrons. The number of imidazole rings is 1. The van der Waals surface area contributed by atoms with Gasteiger partial charge in [-0.05, 0) is 43.9 Å². The van der Waals surface area contributed by atoms with Gasteiger partial charge in [0, 0.05) is 6.04 Å². The van der Waals surface area contributed by atoms with E-state index >= 15 is 0 Å². The number of H-pyrrole nitrogens is 1. The lowest BCUT2D eigenvalue weighted by Gasteiger charge is -2.25. The molecular weight excluding hydrogens is 292 g/mol. The first kappa shape index (κ1) is 14.3. The number of hydrogen-bond acceptors (Lipinski definition) is 5. The van der Waals surface area contributed by atoms with Gasteiger partial charge in [-0.25, -0.2) is 9.67 Å². The Morgan fingerprint density at radius 1 is 1.26 bits per heavy atom. The molecule has 7 nitrogen and oxygen atoms in total. The van der Waals surface area contributed by atoms with Gasteiger partial charge in [0.2, 0.25) is 0 Å². The van der Waals surface area contributed by atoms with Gasteiger partial charge in [-0.3, -0.25) is 0 Å². The second kappa shape index (κ2) is 6.10. The highest BCUT2D eigenvalue weighted by molar-refractivity contribution is 5.76. The maximum Gasteiger partial charge on any atom is 0.109 e. The molecule has 0 spiro atoms. The van der Waals surface area contributed by atoms with E-state index in [-0.39, 0.29) is 0 Å². The molecule has 0 unspecified atom stereocenters. The number of hydrogen-bond donors (Lipinski definition) is 2. The van der Waals surface area contributed by atoms with E-state index in [1.807, 2.05) is 24.4 Å². The Morgan fingerprint density at radius 3 is 3.00 bits per heavy atom. The largest absolute Gasteiger partial charge is 0.372 e. The predicted octanol–water partition coefficient (Wildman–Crippen LogP) is 1.93. The number of nitrogens with one attached hydrogen (secondary N) is 1. The maximum absolute atomic E-state index is 5.94. The molecule has 1 aliphatic carbocycles. The standard InChI is InChI=1S/C16H20N6O/c17-11-1-4-14(5-2-11)23-9-12-8-22(21-20-12)13-3-6-15-16(7-13)19-10-18-15/h3,6-8,10-11,14H,1-2,4-5,9,17H2,(H,18,19). The summed E-state index contributed by atoms with van der Waals surface area (Å²) in [7, 11) is 0. The molecule has 0 aliphatic heterocycles. The summed E-state index contributed by atoms with van der Waals surface area (Å²) in [6.07, 6.45) is 8.04. The van der Waals surface area contributed by atoms with Crippen LogP contribution >= 0.6 is 0 Å². The molecule has 0 radical (unpaired) electrons. The molecule has 0 amide bonds. The number of benzene rings is 1. The van der Waals surface area contributed by atoms with Gasteiger partial charge in [-0.1, -0.05) is 5.21 Å². The molecule has 1 saturated carbocycles. The zero-order chi connectivity index (χ0) is 15.6. The van der Waals surface area contributed by atoms with Crippen molar-refractivity contribution in [3.8, 4) is 5.69 Å².